The maximum Gasteiger partial charge on any atom is 0.257 e. The predicted molar refractivity (Wildman–Crippen MR) is 135 cm³/mol. The van der Waals surface area contributed by atoms with Gasteiger partial charge in [0.2, 0.25) is 11.8 Å². The molecule has 0 unspecified atom stereocenters. The molecule has 6 nitrogen and oxygen atoms in total. The number of hydrogen-bond acceptors (Lipinski definition) is 5. The van der Waals surface area contributed by atoms with Gasteiger partial charge in [0.05, 0.1) is 17.1 Å². The van der Waals surface area contributed by atoms with E-state index < -0.39 is 0 Å². The van der Waals surface area contributed by atoms with Crippen molar-refractivity contribution in [2.75, 3.05) is 16.0 Å². The maximum atomic E-state index is 13.3. The van der Waals surface area contributed by atoms with Crippen molar-refractivity contribution in [3.63, 3.8) is 0 Å². The SMILES string of the molecule is C[C@@H]1CC(=O)Nc2ccccc2N1C(=O)CSc1nc(-c2ccccc2)c(-c2ccccc2)o1. The summed E-state index contributed by atoms with van der Waals surface area (Å²) < 4.78 is 6.15. The fourth-order valence-electron chi connectivity index (χ4n) is 4.10. The molecule has 1 aliphatic heterocycles. The molecular formula is C27H23N3O3S. The quantitative estimate of drug-likeness (QED) is 0.370. The number of nitrogens with one attached hydrogen (secondary N) is 1. The van der Waals surface area contributed by atoms with Crippen molar-refractivity contribution in [3.05, 3.63) is 84.9 Å². The third-order valence-electron chi connectivity index (χ3n) is 5.64. The van der Waals surface area contributed by atoms with E-state index in [4.69, 9.17) is 9.40 Å². The van der Waals surface area contributed by atoms with Crippen LogP contribution in [0.2, 0.25) is 0 Å². The van der Waals surface area contributed by atoms with Gasteiger partial charge in [-0.2, -0.15) is 0 Å². The number of rotatable bonds is 5. The first kappa shape index (κ1) is 22.0. The number of amides is 2. The number of carbonyl (C=O) groups excluding carboxylic acids is 2. The zero-order chi connectivity index (χ0) is 23.5. The number of nitrogens with zero attached hydrogens (tertiary/aromatic N) is 2. The molecule has 3 aromatic carbocycles. The topological polar surface area (TPSA) is 75.4 Å². The Morgan fingerprint density at radius 2 is 1.65 bits per heavy atom. The standard InChI is InChI=1S/C27H23N3O3S/c1-18-16-23(31)28-21-14-8-9-15-22(21)30(18)24(32)17-34-27-29-25(19-10-4-2-5-11-19)26(33-27)20-12-6-3-7-13-20/h2-15,18H,16-17H2,1H3,(H,28,31)/t18-/m1/s1. The van der Waals surface area contributed by atoms with Crippen LogP contribution in [0, 0.1) is 0 Å². The summed E-state index contributed by atoms with van der Waals surface area (Å²) in [5.74, 6) is 0.596. The van der Waals surface area contributed by atoms with E-state index >= 15 is 0 Å². The number of thioether (sulfide) groups is 1. The molecule has 0 radical (unpaired) electrons. The van der Waals surface area contributed by atoms with Crippen molar-refractivity contribution in [2.45, 2.75) is 24.6 Å². The van der Waals surface area contributed by atoms with Gasteiger partial charge in [0.25, 0.3) is 5.22 Å². The molecule has 0 saturated carbocycles. The molecule has 0 fully saturated rings. The molecule has 170 valence electrons. The first-order valence-electron chi connectivity index (χ1n) is 11.1. The lowest BCUT2D eigenvalue weighted by atomic mass is 10.1. The zero-order valence-corrected chi connectivity index (χ0v) is 19.4. The van der Waals surface area contributed by atoms with Gasteiger partial charge in [-0.1, -0.05) is 84.6 Å². The van der Waals surface area contributed by atoms with Crippen LogP contribution in [0.5, 0.6) is 0 Å². The first-order chi connectivity index (χ1) is 16.6. The van der Waals surface area contributed by atoms with Crippen LogP contribution < -0.4 is 10.2 Å². The highest BCUT2D eigenvalue weighted by Gasteiger charge is 2.30. The number of benzene rings is 3. The van der Waals surface area contributed by atoms with Gasteiger partial charge in [0, 0.05) is 23.6 Å². The molecule has 1 aliphatic rings. The van der Waals surface area contributed by atoms with Crippen molar-refractivity contribution >= 4 is 35.0 Å². The number of oxazole rings is 1. The van der Waals surface area contributed by atoms with Gasteiger partial charge in [-0.3, -0.25) is 9.59 Å². The Kier molecular flexibility index (Phi) is 6.18. The number of para-hydroxylation sites is 2. The van der Waals surface area contributed by atoms with Crippen molar-refractivity contribution in [2.24, 2.45) is 0 Å². The second-order valence-corrected chi connectivity index (χ2v) is 8.99. The van der Waals surface area contributed by atoms with Crippen molar-refractivity contribution in [1.29, 1.82) is 0 Å². The van der Waals surface area contributed by atoms with Gasteiger partial charge in [0.15, 0.2) is 5.76 Å². The number of anilines is 2. The van der Waals surface area contributed by atoms with Crippen LogP contribution in [-0.2, 0) is 9.59 Å². The highest BCUT2D eigenvalue weighted by molar-refractivity contribution is 7.99. The van der Waals surface area contributed by atoms with E-state index in [1.54, 1.807) is 4.90 Å². The lowest BCUT2D eigenvalue weighted by Crippen LogP contribution is -2.40. The lowest BCUT2D eigenvalue weighted by molar-refractivity contribution is -0.117. The Hall–Kier alpha value is -3.84. The van der Waals surface area contributed by atoms with Crippen LogP contribution >= 0.6 is 11.8 Å². The summed E-state index contributed by atoms with van der Waals surface area (Å²) in [5, 5.41) is 3.31. The molecule has 2 heterocycles. The smallest absolute Gasteiger partial charge is 0.257 e. The highest BCUT2D eigenvalue weighted by Crippen LogP contribution is 2.36. The molecule has 5 rings (SSSR count). The molecule has 7 heteroatoms. The minimum absolute atomic E-state index is 0.101. The van der Waals surface area contributed by atoms with E-state index in [1.807, 2.05) is 91.9 Å². The van der Waals surface area contributed by atoms with Gasteiger partial charge < -0.3 is 14.6 Å². The maximum absolute atomic E-state index is 13.3. The molecule has 0 aliphatic carbocycles. The summed E-state index contributed by atoms with van der Waals surface area (Å²) in [5.41, 5.74) is 3.96. The molecule has 1 N–H and O–H groups in total. The Balaban J connectivity index is 1.42. The summed E-state index contributed by atoms with van der Waals surface area (Å²) in [4.78, 5) is 32.0. The van der Waals surface area contributed by atoms with Crippen LogP contribution in [0.4, 0.5) is 11.4 Å². The molecular weight excluding hydrogens is 446 g/mol. The average Bonchev–Trinajstić information content (AvgIpc) is 3.24. The molecule has 0 saturated heterocycles. The highest BCUT2D eigenvalue weighted by atomic mass is 32.2. The Bertz CT molecular complexity index is 1260. The zero-order valence-electron chi connectivity index (χ0n) is 18.6. The summed E-state index contributed by atoms with van der Waals surface area (Å²) in [6.07, 6.45) is 0.237. The van der Waals surface area contributed by atoms with Gasteiger partial charge in [0.1, 0.15) is 5.69 Å². The normalized spacial score (nSPS) is 15.4. The summed E-state index contributed by atoms with van der Waals surface area (Å²) in [6.45, 7) is 1.89. The second-order valence-electron chi connectivity index (χ2n) is 8.06. The van der Waals surface area contributed by atoms with Gasteiger partial charge in [-0.15, -0.1) is 0 Å². The third kappa shape index (κ3) is 4.47. The van der Waals surface area contributed by atoms with E-state index in [1.165, 1.54) is 11.8 Å². The summed E-state index contributed by atoms with van der Waals surface area (Å²) >= 11 is 1.26. The molecule has 4 aromatic rings. The Labute approximate surface area is 202 Å². The Morgan fingerprint density at radius 3 is 2.38 bits per heavy atom. The second kappa shape index (κ2) is 9.57. The predicted octanol–water partition coefficient (Wildman–Crippen LogP) is 5.86. The monoisotopic (exact) mass is 469 g/mol. The minimum atomic E-state index is -0.263. The first-order valence-corrected chi connectivity index (χ1v) is 12.0. The van der Waals surface area contributed by atoms with E-state index in [9.17, 15) is 9.59 Å². The van der Waals surface area contributed by atoms with Crippen LogP contribution in [0.15, 0.2) is 94.6 Å². The number of aromatic nitrogens is 1. The van der Waals surface area contributed by atoms with Gasteiger partial charge in [-0.25, -0.2) is 4.98 Å². The molecule has 0 bridgehead atoms. The third-order valence-corrected chi connectivity index (χ3v) is 6.45. The van der Waals surface area contributed by atoms with Crippen LogP contribution in [0.3, 0.4) is 0 Å². The number of carbonyl (C=O) groups is 2. The molecule has 0 spiro atoms. The van der Waals surface area contributed by atoms with Crippen molar-refractivity contribution < 1.29 is 14.0 Å². The number of hydrogen-bond donors (Lipinski definition) is 1. The lowest BCUT2D eigenvalue weighted by Gasteiger charge is -2.27. The fraction of sp³-hybridized carbons (Fsp3) is 0.148. The molecule has 34 heavy (non-hydrogen) atoms. The minimum Gasteiger partial charge on any atom is -0.431 e. The van der Waals surface area contributed by atoms with E-state index in [-0.39, 0.29) is 30.0 Å². The molecule has 1 aromatic heterocycles. The van der Waals surface area contributed by atoms with Gasteiger partial charge >= 0.3 is 0 Å². The molecule has 2 amide bonds. The fourth-order valence-corrected chi connectivity index (χ4v) is 4.78. The van der Waals surface area contributed by atoms with Crippen molar-refractivity contribution in [1.82, 2.24) is 4.98 Å². The van der Waals surface area contributed by atoms with Crippen LogP contribution in [0.1, 0.15) is 13.3 Å². The van der Waals surface area contributed by atoms with E-state index in [0.29, 0.717) is 22.4 Å². The summed E-state index contributed by atoms with van der Waals surface area (Å²) in [7, 11) is 0. The average molecular weight is 470 g/mol. The van der Waals surface area contributed by atoms with Gasteiger partial charge in [-0.05, 0) is 19.1 Å². The summed E-state index contributed by atoms with van der Waals surface area (Å²) in [6, 6.07) is 26.8. The number of fused-ring (bicyclic) bond motifs is 1. The van der Waals surface area contributed by atoms with Crippen molar-refractivity contribution in [3.8, 4) is 22.6 Å². The molecule has 1 atom stereocenters. The van der Waals surface area contributed by atoms with Crippen LogP contribution in [-0.4, -0.2) is 28.6 Å². The largest absolute Gasteiger partial charge is 0.431 e. The van der Waals surface area contributed by atoms with E-state index in [0.717, 1.165) is 16.8 Å². The van der Waals surface area contributed by atoms with E-state index in [2.05, 4.69) is 5.32 Å². The van der Waals surface area contributed by atoms with Crippen LogP contribution in [0.25, 0.3) is 22.6 Å². The Morgan fingerprint density at radius 1 is 1.00 bits per heavy atom.